The molecule has 0 aliphatic carbocycles. The molecule has 2 nitrogen and oxygen atoms in total. The Bertz CT molecular complexity index is 81.8. The summed E-state index contributed by atoms with van der Waals surface area (Å²) in [5.41, 5.74) is 0. The fourth-order valence-corrected chi connectivity index (χ4v) is 0.598. The van der Waals surface area contributed by atoms with E-state index < -0.39 is 11.0 Å². The van der Waals surface area contributed by atoms with Crippen LogP contribution in [0.25, 0.3) is 0 Å². The van der Waals surface area contributed by atoms with Crippen LogP contribution < -0.4 is 5.14 Å². The number of hydrogen-bond acceptors (Lipinski definition) is 1. The predicted octanol–water partition coefficient (Wildman–Crippen LogP) is 0.185. The summed E-state index contributed by atoms with van der Waals surface area (Å²) in [6, 6.07) is 0. The molecular formula is C4H9NOS. The summed E-state index contributed by atoms with van der Waals surface area (Å²) in [6.45, 7) is 3.44. The van der Waals surface area contributed by atoms with Crippen molar-refractivity contribution in [2.24, 2.45) is 5.14 Å². The van der Waals surface area contributed by atoms with Gasteiger partial charge in [-0.25, -0.2) is 4.21 Å². The molecule has 0 aliphatic heterocycles. The molecule has 0 saturated carbocycles. The molecule has 0 aromatic rings. The molecule has 7 heavy (non-hydrogen) atoms. The molecule has 0 saturated heterocycles. The average molecular weight is 119 g/mol. The van der Waals surface area contributed by atoms with Crippen LogP contribution in [0.2, 0.25) is 0 Å². The normalized spacial score (nSPS) is 13.3. The third-order valence-corrected chi connectivity index (χ3v) is 1.16. The Labute approximate surface area is 46.0 Å². The summed E-state index contributed by atoms with van der Waals surface area (Å²) < 4.78 is 10.0. The van der Waals surface area contributed by atoms with Crippen LogP contribution in [0.3, 0.4) is 0 Å². The molecule has 0 bridgehead atoms. The fourth-order valence-electron chi connectivity index (χ4n) is 0.199. The van der Waals surface area contributed by atoms with Gasteiger partial charge in [-0.3, -0.25) is 5.14 Å². The van der Waals surface area contributed by atoms with Gasteiger partial charge < -0.3 is 0 Å². The highest BCUT2D eigenvalue weighted by Crippen LogP contribution is 1.78. The Kier molecular flexibility index (Phi) is 3.93. The van der Waals surface area contributed by atoms with Crippen molar-refractivity contribution in [3.63, 3.8) is 0 Å². The Balaban J connectivity index is 2.97. The maximum atomic E-state index is 10.0. The van der Waals surface area contributed by atoms with E-state index in [9.17, 15) is 4.21 Å². The van der Waals surface area contributed by atoms with Gasteiger partial charge in [0, 0.05) is 5.75 Å². The molecule has 0 aromatic heterocycles. The first-order chi connectivity index (χ1) is 3.27. The third-order valence-electron chi connectivity index (χ3n) is 0.523. The van der Waals surface area contributed by atoms with Gasteiger partial charge in [0.25, 0.3) is 0 Å². The van der Waals surface area contributed by atoms with E-state index in [1.54, 1.807) is 6.08 Å². The zero-order valence-corrected chi connectivity index (χ0v) is 4.91. The first kappa shape index (κ1) is 6.85. The van der Waals surface area contributed by atoms with Gasteiger partial charge in [-0.1, -0.05) is 6.08 Å². The molecule has 0 aromatic carbocycles. The highest BCUT2D eigenvalue weighted by molar-refractivity contribution is 7.82. The zero-order valence-electron chi connectivity index (χ0n) is 4.09. The molecule has 0 rings (SSSR count). The van der Waals surface area contributed by atoms with Gasteiger partial charge in [0.1, 0.15) is 0 Å². The van der Waals surface area contributed by atoms with Crippen LogP contribution in [-0.2, 0) is 11.0 Å². The minimum absolute atomic E-state index is 0.531. The number of nitrogens with two attached hydrogens (primary N) is 1. The Morgan fingerprint density at radius 3 is 2.57 bits per heavy atom. The summed E-state index contributed by atoms with van der Waals surface area (Å²) >= 11 is 0. The topological polar surface area (TPSA) is 43.1 Å². The zero-order chi connectivity index (χ0) is 5.70. The van der Waals surface area contributed by atoms with E-state index in [0.29, 0.717) is 5.75 Å². The third kappa shape index (κ3) is 5.85. The lowest BCUT2D eigenvalue weighted by atomic mass is 10.5. The van der Waals surface area contributed by atoms with Crippen molar-refractivity contribution in [2.75, 3.05) is 5.75 Å². The van der Waals surface area contributed by atoms with Gasteiger partial charge in [-0.15, -0.1) is 6.58 Å². The second-order valence-electron chi connectivity index (χ2n) is 1.16. The van der Waals surface area contributed by atoms with Crippen molar-refractivity contribution in [1.29, 1.82) is 0 Å². The summed E-state index contributed by atoms with van der Waals surface area (Å²) in [4.78, 5) is 0. The minimum Gasteiger partial charge on any atom is -0.252 e. The van der Waals surface area contributed by atoms with Crippen molar-refractivity contribution in [1.82, 2.24) is 0 Å². The number of hydrogen-bond donors (Lipinski definition) is 1. The van der Waals surface area contributed by atoms with E-state index in [4.69, 9.17) is 5.14 Å². The lowest BCUT2D eigenvalue weighted by Gasteiger charge is -1.84. The Hall–Kier alpha value is -0.150. The predicted molar refractivity (Wildman–Crippen MR) is 32.0 cm³/mol. The van der Waals surface area contributed by atoms with E-state index in [1.807, 2.05) is 0 Å². The van der Waals surface area contributed by atoms with Crippen LogP contribution >= 0.6 is 0 Å². The largest absolute Gasteiger partial charge is 0.252 e. The average Bonchev–Trinajstić information content (AvgIpc) is 1.61. The molecule has 0 fully saturated rings. The Morgan fingerprint density at radius 2 is 2.43 bits per heavy atom. The highest BCUT2D eigenvalue weighted by Gasteiger charge is 1.83. The Morgan fingerprint density at radius 1 is 1.86 bits per heavy atom. The first-order valence-electron chi connectivity index (χ1n) is 2.01. The van der Waals surface area contributed by atoms with Crippen molar-refractivity contribution < 1.29 is 4.21 Å². The van der Waals surface area contributed by atoms with Crippen LogP contribution in [0.1, 0.15) is 6.42 Å². The van der Waals surface area contributed by atoms with E-state index >= 15 is 0 Å². The first-order valence-corrected chi connectivity index (χ1v) is 3.39. The maximum absolute atomic E-state index is 10.0. The molecule has 0 aliphatic rings. The van der Waals surface area contributed by atoms with E-state index in [0.717, 1.165) is 6.42 Å². The summed E-state index contributed by atoms with van der Waals surface area (Å²) in [6.07, 6.45) is 2.44. The molecule has 2 N–H and O–H groups in total. The smallest absolute Gasteiger partial charge is 0.0891 e. The monoisotopic (exact) mass is 119 g/mol. The maximum Gasteiger partial charge on any atom is 0.0891 e. The molecule has 3 heteroatoms. The fraction of sp³-hybridized carbons (Fsp3) is 0.500. The number of allylic oxidation sites excluding steroid dienone is 1. The minimum atomic E-state index is -1.14. The van der Waals surface area contributed by atoms with E-state index in [2.05, 4.69) is 6.58 Å². The van der Waals surface area contributed by atoms with Gasteiger partial charge in [0.05, 0.1) is 11.0 Å². The van der Waals surface area contributed by atoms with Crippen LogP contribution in [0.4, 0.5) is 0 Å². The lowest BCUT2D eigenvalue weighted by Crippen LogP contribution is -2.05. The van der Waals surface area contributed by atoms with Gasteiger partial charge in [-0.05, 0) is 6.42 Å². The quantitative estimate of drug-likeness (QED) is 0.529. The molecule has 0 radical (unpaired) electrons. The van der Waals surface area contributed by atoms with Gasteiger partial charge >= 0.3 is 0 Å². The van der Waals surface area contributed by atoms with E-state index in [1.165, 1.54) is 0 Å². The SMILES string of the molecule is C=CCCS(N)=O. The molecule has 0 spiro atoms. The lowest BCUT2D eigenvalue weighted by molar-refractivity contribution is 0.684. The molecule has 0 amide bonds. The van der Waals surface area contributed by atoms with Crippen LogP contribution in [0.5, 0.6) is 0 Å². The molecule has 42 valence electrons. The van der Waals surface area contributed by atoms with Crippen LogP contribution in [0, 0.1) is 0 Å². The van der Waals surface area contributed by atoms with Gasteiger partial charge in [-0.2, -0.15) is 0 Å². The summed E-state index contributed by atoms with van der Waals surface area (Å²) in [7, 11) is -1.14. The van der Waals surface area contributed by atoms with Gasteiger partial charge in [0.15, 0.2) is 0 Å². The van der Waals surface area contributed by atoms with Crippen LogP contribution in [-0.4, -0.2) is 9.96 Å². The molecular weight excluding hydrogens is 110 g/mol. The van der Waals surface area contributed by atoms with Crippen molar-refractivity contribution >= 4 is 11.0 Å². The second kappa shape index (κ2) is 4.02. The molecule has 1 atom stereocenters. The van der Waals surface area contributed by atoms with Gasteiger partial charge in [0.2, 0.25) is 0 Å². The summed E-state index contributed by atoms with van der Waals surface area (Å²) in [5, 5.41) is 4.90. The standard InChI is InChI=1S/C4H9NOS/c1-2-3-4-7(5)6/h2H,1,3-5H2. The van der Waals surface area contributed by atoms with Crippen molar-refractivity contribution in [3.05, 3.63) is 12.7 Å². The second-order valence-corrected chi connectivity index (χ2v) is 2.33. The highest BCUT2D eigenvalue weighted by atomic mass is 32.2. The van der Waals surface area contributed by atoms with Crippen LogP contribution in [0.15, 0.2) is 12.7 Å². The summed E-state index contributed by atoms with van der Waals surface area (Å²) in [5.74, 6) is 0.531. The van der Waals surface area contributed by atoms with Crippen molar-refractivity contribution in [2.45, 2.75) is 6.42 Å². The molecule has 1 unspecified atom stereocenters. The van der Waals surface area contributed by atoms with Crippen molar-refractivity contribution in [3.8, 4) is 0 Å². The number of rotatable bonds is 3. The molecule has 0 heterocycles. The van der Waals surface area contributed by atoms with E-state index in [-0.39, 0.29) is 0 Å².